The van der Waals surface area contributed by atoms with E-state index >= 15 is 0 Å². The van der Waals surface area contributed by atoms with Gasteiger partial charge in [-0.05, 0) is 17.8 Å². The Bertz CT molecular complexity index is 253. The van der Waals surface area contributed by atoms with Gasteiger partial charge in [-0.3, -0.25) is 9.59 Å². The number of hydrogen-bond donors (Lipinski definition) is 0. The average Bonchev–Trinajstić information content (AvgIpc) is 2.29. The second-order valence-corrected chi connectivity index (χ2v) is 5.04. The Morgan fingerprint density at radius 2 is 2.00 bits per heavy atom. The normalized spacial score (nSPS) is 23.1. The highest BCUT2D eigenvalue weighted by molar-refractivity contribution is 5.94. The first-order chi connectivity index (χ1) is 6.33. The largest absolute Gasteiger partial charge is 0.393 e. The van der Waals surface area contributed by atoms with Crippen LogP contribution in [0.3, 0.4) is 0 Å². The molecule has 14 heavy (non-hydrogen) atoms. The quantitative estimate of drug-likeness (QED) is 0.515. The van der Waals surface area contributed by atoms with Crippen LogP contribution in [-0.4, -0.2) is 11.9 Å². The van der Waals surface area contributed by atoms with E-state index in [4.69, 9.17) is 0 Å². The van der Waals surface area contributed by atoms with Crippen molar-refractivity contribution in [3.8, 4) is 0 Å². The maximum atomic E-state index is 11.2. The van der Waals surface area contributed by atoms with E-state index in [1.54, 1.807) is 0 Å². The Labute approximate surface area is 84.8 Å². The second-order valence-electron chi connectivity index (χ2n) is 5.04. The fourth-order valence-corrected chi connectivity index (χ4v) is 1.55. The van der Waals surface area contributed by atoms with Crippen molar-refractivity contribution >= 4 is 11.9 Å². The summed E-state index contributed by atoms with van der Waals surface area (Å²) in [6, 6.07) is 0. The van der Waals surface area contributed by atoms with E-state index in [0.29, 0.717) is 5.92 Å². The number of ether oxygens (including phenoxy) is 1. The Morgan fingerprint density at radius 3 is 2.36 bits per heavy atom. The second kappa shape index (κ2) is 3.71. The van der Waals surface area contributed by atoms with E-state index in [0.717, 1.165) is 6.42 Å². The van der Waals surface area contributed by atoms with Gasteiger partial charge in [-0.2, -0.15) is 0 Å². The van der Waals surface area contributed by atoms with Crippen molar-refractivity contribution in [2.75, 3.05) is 0 Å². The van der Waals surface area contributed by atoms with Crippen LogP contribution in [0.2, 0.25) is 0 Å². The predicted molar refractivity (Wildman–Crippen MR) is 52.4 cm³/mol. The molecule has 0 saturated carbocycles. The van der Waals surface area contributed by atoms with Crippen LogP contribution in [0.5, 0.6) is 0 Å². The minimum absolute atomic E-state index is 0.0777. The molecule has 0 amide bonds. The van der Waals surface area contributed by atoms with Gasteiger partial charge in [-0.15, -0.1) is 0 Å². The standard InChI is InChI=1S/C11H18O3/c1-7(2)11(3,4)6-8-5-9(12)14-10(8)13/h7-8H,5-6H2,1-4H3. The van der Waals surface area contributed by atoms with Gasteiger partial charge >= 0.3 is 11.9 Å². The highest BCUT2D eigenvalue weighted by Crippen LogP contribution is 2.36. The SMILES string of the molecule is CC(C)C(C)(C)CC1CC(=O)OC1=O. The van der Waals surface area contributed by atoms with E-state index in [2.05, 4.69) is 32.4 Å². The molecule has 0 aromatic heterocycles. The molecule has 1 unspecified atom stereocenters. The number of esters is 2. The summed E-state index contributed by atoms with van der Waals surface area (Å²) >= 11 is 0. The zero-order valence-corrected chi connectivity index (χ0v) is 9.29. The highest BCUT2D eigenvalue weighted by Gasteiger charge is 2.38. The molecule has 1 atom stereocenters. The van der Waals surface area contributed by atoms with Crippen molar-refractivity contribution in [2.45, 2.75) is 40.5 Å². The van der Waals surface area contributed by atoms with Gasteiger partial charge in [0.15, 0.2) is 0 Å². The lowest BCUT2D eigenvalue weighted by molar-refractivity contribution is -0.153. The van der Waals surface area contributed by atoms with Crippen molar-refractivity contribution < 1.29 is 14.3 Å². The van der Waals surface area contributed by atoms with Gasteiger partial charge in [0.1, 0.15) is 0 Å². The molecule has 0 aliphatic carbocycles. The molecule has 1 heterocycles. The molecule has 1 rings (SSSR count). The van der Waals surface area contributed by atoms with Gasteiger partial charge in [0, 0.05) is 0 Å². The molecule has 0 bridgehead atoms. The van der Waals surface area contributed by atoms with E-state index in [1.807, 2.05) is 0 Å². The van der Waals surface area contributed by atoms with Gasteiger partial charge in [-0.25, -0.2) is 0 Å². The lowest BCUT2D eigenvalue weighted by atomic mass is 9.74. The third-order valence-electron chi connectivity index (χ3n) is 3.30. The number of hydrogen-bond acceptors (Lipinski definition) is 3. The molecular weight excluding hydrogens is 180 g/mol. The third kappa shape index (κ3) is 2.34. The van der Waals surface area contributed by atoms with Gasteiger partial charge in [-0.1, -0.05) is 27.7 Å². The first-order valence-electron chi connectivity index (χ1n) is 5.07. The van der Waals surface area contributed by atoms with Crippen molar-refractivity contribution in [2.24, 2.45) is 17.3 Å². The van der Waals surface area contributed by atoms with E-state index in [9.17, 15) is 9.59 Å². The van der Waals surface area contributed by atoms with Gasteiger partial charge < -0.3 is 4.74 Å². The van der Waals surface area contributed by atoms with E-state index in [1.165, 1.54) is 0 Å². The third-order valence-corrected chi connectivity index (χ3v) is 3.30. The van der Waals surface area contributed by atoms with Crippen LogP contribution in [-0.2, 0) is 14.3 Å². The van der Waals surface area contributed by atoms with Crippen molar-refractivity contribution in [3.05, 3.63) is 0 Å². The topological polar surface area (TPSA) is 43.4 Å². The molecule has 3 nitrogen and oxygen atoms in total. The lowest BCUT2D eigenvalue weighted by Gasteiger charge is -2.30. The molecule has 1 saturated heterocycles. The van der Waals surface area contributed by atoms with Crippen LogP contribution in [0.15, 0.2) is 0 Å². The Kier molecular flexibility index (Phi) is 2.98. The molecule has 0 aromatic rings. The summed E-state index contributed by atoms with van der Waals surface area (Å²) in [5.74, 6) is -0.450. The average molecular weight is 198 g/mol. The van der Waals surface area contributed by atoms with Crippen molar-refractivity contribution in [1.82, 2.24) is 0 Å². The predicted octanol–water partition coefficient (Wildman–Crippen LogP) is 2.15. The zero-order valence-electron chi connectivity index (χ0n) is 9.29. The molecule has 3 heteroatoms. The van der Waals surface area contributed by atoms with Gasteiger partial charge in [0.25, 0.3) is 0 Å². The fraction of sp³-hybridized carbons (Fsp3) is 0.818. The van der Waals surface area contributed by atoms with Crippen LogP contribution in [0, 0.1) is 17.3 Å². The molecule has 1 aliphatic heterocycles. The first-order valence-corrected chi connectivity index (χ1v) is 5.07. The van der Waals surface area contributed by atoms with Gasteiger partial charge in [0.2, 0.25) is 0 Å². The lowest BCUT2D eigenvalue weighted by Crippen LogP contribution is -2.25. The number of cyclic esters (lactones) is 2. The molecule has 0 N–H and O–H groups in total. The molecule has 0 aromatic carbocycles. The summed E-state index contributed by atoms with van der Waals surface area (Å²) in [7, 11) is 0. The molecule has 1 fully saturated rings. The molecule has 80 valence electrons. The summed E-state index contributed by atoms with van der Waals surface area (Å²) in [5.41, 5.74) is 0.0777. The first kappa shape index (κ1) is 11.2. The van der Waals surface area contributed by atoms with E-state index < -0.39 is 0 Å². The van der Waals surface area contributed by atoms with Crippen LogP contribution in [0.25, 0.3) is 0 Å². The van der Waals surface area contributed by atoms with Gasteiger partial charge in [0.05, 0.1) is 12.3 Å². The summed E-state index contributed by atoms with van der Waals surface area (Å²) in [6.45, 7) is 8.49. The maximum Gasteiger partial charge on any atom is 0.317 e. The smallest absolute Gasteiger partial charge is 0.317 e. The molecule has 1 aliphatic rings. The summed E-state index contributed by atoms with van der Waals surface area (Å²) < 4.78 is 4.52. The molecule has 0 radical (unpaired) electrons. The zero-order chi connectivity index (χ0) is 10.9. The van der Waals surface area contributed by atoms with Crippen LogP contribution in [0.1, 0.15) is 40.5 Å². The molecular formula is C11H18O3. The van der Waals surface area contributed by atoms with Crippen LogP contribution < -0.4 is 0 Å². The monoisotopic (exact) mass is 198 g/mol. The Balaban J connectivity index is 2.61. The van der Waals surface area contributed by atoms with Crippen molar-refractivity contribution in [1.29, 1.82) is 0 Å². The molecule has 0 spiro atoms. The minimum Gasteiger partial charge on any atom is -0.393 e. The van der Waals surface area contributed by atoms with Crippen LogP contribution >= 0.6 is 0 Å². The minimum atomic E-state index is -0.375. The number of carbonyl (C=O) groups excluding carboxylic acids is 2. The Hall–Kier alpha value is -0.860. The number of rotatable bonds is 3. The summed E-state index contributed by atoms with van der Waals surface area (Å²) in [5, 5.41) is 0. The van der Waals surface area contributed by atoms with Crippen LogP contribution in [0.4, 0.5) is 0 Å². The van der Waals surface area contributed by atoms with E-state index in [-0.39, 0.29) is 29.7 Å². The fourth-order valence-electron chi connectivity index (χ4n) is 1.55. The summed E-state index contributed by atoms with van der Waals surface area (Å²) in [4.78, 5) is 22.1. The highest BCUT2D eigenvalue weighted by atomic mass is 16.6. The summed E-state index contributed by atoms with van der Waals surface area (Å²) in [6.07, 6.45) is 0.990. The Morgan fingerprint density at radius 1 is 1.43 bits per heavy atom. The number of carbonyl (C=O) groups is 2. The van der Waals surface area contributed by atoms with Crippen molar-refractivity contribution in [3.63, 3.8) is 0 Å². The maximum absolute atomic E-state index is 11.2.